The molecule has 0 saturated carbocycles. The second-order valence-electron chi connectivity index (χ2n) is 6.51. The Morgan fingerprint density at radius 2 is 1.96 bits per heavy atom. The Morgan fingerprint density at radius 3 is 2.62 bits per heavy atom. The number of carbonyl (C=O) groups is 1. The number of hydrogen-bond donors (Lipinski definition) is 1. The zero-order valence-electron chi connectivity index (χ0n) is 16.2. The monoisotopic (exact) mass is 355 g/mol. The fraction of sp³-hybridized carbons (Fsp3) is 0.429. The van der Waals surface area contributed by atoms with E-state index in [4.69, 9.17) is 4.74 Å². The van der Waals surface area contributed by atoms with Gasteiger partial charge >= 0.3 is 0 Å². The van der Waals surface area contributed by atoms with Gasteiger partial charge in [-0.05, 0) is 63.1 Å². The molecule has 2 rings (SSSR count). The van der Waals surface area contributed by atoms with Crippen molar-refractivity contribution in [2.75, 3.05) is 25.0 Å². The Bertz CT molecular complexity index is 704. The van der Waals surface area contributed by atoms with Crippen molar-refractivity contribution in [2.24, 2.45) is 0 Å². The Balaban J connectivity index is 2.01. The molecule has 1 N–H and O–H groups in total. The Kier molecular flexibility index (Phi) is 7.45. The predicted octanol–water partition coefficient (Wildman–Crippen LogP) is 4.14. The van der Waals surface area contributed by atoms with Gasteiger partial charge < -0.3 is 15.0 Å². The molecule has 140 valence electrons. The Labute approximate surface area is 156 Å². The lowest BCUT2D eigenvalue weighted by Crippen LogP contribution is -2.31. The minimum atomic E-state index is 0.0610. The number of hydrogen-bond acceptors (Lipinski definition) is 4. The van der Waals surface area contributed by atoms with Crippen LogP contribution in [0.3, 0.4) is 0 Å². The molecule has 0 aliphatic carbocycles. The van der Waals surface area contributed by atoms with Crippen molar-refractivity contribution in [1.82, 2.24) is 9.88 Å². The number of aromatic nitrogens is 1. The van der Waals surface area contributed by atoms with Gasteiger partial charge in [0.05, 0.1) is 6.04 Å². The van der Waals surface area contributed by atoms with Crippen molar-refractivity contribution < 1.29 is 9.53 Å². The summed E-state index contributed by atoms with van der Waals surface area (Å²) in [6.45, 7) is 10.1. The van der Waals surface area contributed by atoms with Gasteiger partial charge in [0.25, 0.3) is 5.91 Å². The summed E-state index contributed by atoms with van der Waals surface area (Å²) in [5, 5.41) is 3.37. The van der Waals surface area contributed by atoms with Gasteiger partial charge in [0.15, 0.2) is 0 Å². The van der Waals surface area contributed by atoms with Gasteiger partial charge in [-0.15, -0.1) is 0 Å². The third kappa shape index (κ3) is 5.76. The largest absolute Gasteiger partial charge is 0.491 e. The standard InChI is InChI=1S/C21H29N3O2/c1-5-11-24(6-2)21(25)18-12-16(3)13-20(14-18)26-15-17(4)23-19-7-9-22-10-8-19/h7-10,12-14,17H,5-6,11,15H2,1-4H3,(H,22,23). The molecule has 0 bridgehead atoms. The van der Waals surface area contributed by atoms with E-state index in [2.05, 4.69) is 24.1 Å². The lowest BCUT2D eigenvalue weighted by molar-refractivity contribution is 0.0764. The number of nitrogens with zero attached hydrogens (tertiary/aromatic N) is 2. The summed E-state index contributed by atoms with van der Waals surface area (Å²) < 4.78 is 5.94. The van der Waals surface area contributed by atoms with E-state index < -0.39 is 0 Å². The summed E-state index contributed by atoms with van der Waals surface area (Å²) in [6.07, 6.45) is 4.46. The minimum Gasteiger partial charge on any atom is -0.491 e. The molecule has 5 nitrogen and oxygen atoms in total. The molecule has 1 amide bonds. The van der Waals surface area contributed by atoms with E-state index in [1.165, 1.54) is 0 Å². The molecule has 0 saturated heterocycles. The van der Waals surface area contributed by atoms with Crippen molar-refractivity contribution in [2.45, 2.75) is 40.2 Å². The number of anilines is 1. The van der Waals surface area contributed by atoms with Crippen molar-refractivity contribution in [3.05, 3.63) is 53.9 Å². The molecular weight excluding hydrogens is 326 g/mol. The topological polar surface area (TPSA) is 54.5 Å². The molecule has 1 unspecified atom stereocenters. The SMILES string of the molecule is CCCN(CC)C(=O)c1cc(C)cc(OCC(C)Nc2ccncc2)c1. The highest BCUT2D eigenvalue weighted by Crippen LogP contribution is 2.19. The first-order chi connectivity index (χ1) is 12.5. The summed E-state index contributed by atoms with van der Waals surface area (Å²) in [7, 11) is 0. The molecule has 1 heterocycles. The number of ether oxygens (including phenoxy) is 1. The van der Waals surface area contributed by atoms with Crippen LogP contribution < -0.4 is 10.1 Å². The summed E-state index contributed by atoms with van der Waals surface area (Å²) in [5.41, 5.74) is 2.72. The second-order valence-corrected chi connectivity index (χ2v) is 6.51. The Hall–Kier alpha value is -2.56. The molecule has 0 fully saturated rings. The van der Waals surface area contributed by atoms with Crippen LogP contribution in [0.2, 0.25) is 0 Å². The molecule has 1 aromatic heterocycles. The van der Waals surface area contributed by atoms with Gasteiger partial charge in [-0.3, -0.25) is 9.78 Å². The van der Waals surface area contributed by atoms with Crippen LogP contribution in [0.5, 0.6) is 5.75 Å². The number of nitrogens with one attached hydrogen (secondary N) is 1. The predicted molar refractivity (Wildman–Crippen MR) is 106 cm³/mol. The molecule has 0 aliphatic rings. The first-order valence-electron chi connectivity index (χ1n) is 9.23. The molecule has 1 atom stereocenters. The number of carbonyl (C=O) groups excluding carboxylic acids is 1. The van der Waals surface area contributed by atoms with Crippen molar-refractivity contribution in [3.8, 4) is 5.75 Å². The van der Waals surface area contributed by atoms with E-state index in [0.29, 0.717) is 18.7 Å². The molecule has 26 heavy (non-hydrogen) atoms. The molecule has 2 aromatic rings. The van der Waals surface area contributed by atoms with E-state index in [-0.39, 0.29) is 11.9 Å². The lowest BCUT2D eigenvalue weighted by Gasteiger charge is -2.21. The van der Waals surface area contributed by atoms with E-state index in [1.54, 1.807) is 12.4 Å². The van der Waals surface area contributed by atoms with Gasteiger partial charge in [0, 0.05) is 36.7 Å². The maximum absolute atomic E-state index is 12.7. The number of rotatable bonds is 9. The van der Waals surface area contributed by atoms with Crippen LogP contribution in [0.4, 0.5) is 5.69 Å². The van der Waals surface area contributed by atoms with Crippen LogP contribution in [0.1, 0.15) is 43.1 Å². The summed E-state index contributed by atoms with van der Waals surface area (Å²) in [5.74, 6) is 0.787. The number of benzene rings is 1. The van der Waals surface area contributed by atoms with E-state index in [9.17, 15) is 4.79 Å². The molecule has 0 spiro atoms. The summed E-state index contributed by atoms with van der Waals surface area (Å²) in [6, 6.07) is 9.70. The van der Waals surface area contributed by atoms with Crippen molar-refractivity contribution >= 4 is 11.6 Å². The first kappa shape index (κ1) is 19.8. The lowest BCUT2D eigenvalue weighted by atomic mass is 10.1. The van der Waals surface area contributed by atoms with E-state index in [1.807, 2.05) is 49.1 Å². The third-order valence-electron chi connectivity index (χ3n) is 4.05. The minimum absolute atomic E-state index is 0.0610. The van der Waals surface area contributed by atoms with Crippen LogP contribution in [0.25, 0.3) is 0 Å². The number of pyridine rings is 1. The van der Waals surface area contributed by atoms with Crippen molar-refractivity contribution in [1.29, 1.82) is 0 Å². The van der Waals surface area contributed by atoms with Crippen LogP contribution >= 0.6 is 0 Å². The summed E-state index contributed by atoms with van der Waals surface area (Å²) in [4.78, 5) is 18.6. The average molecular weight is 355 g/mol. The molecule has 1 aromatic carbocycles. The van der Waals surface area contributed by atoms with Crippen LogP contribution in [0, 0.1) is 6.92 Å². The van der Waals surface area contributed by atoms with Crippen LogP contribution in [-0.4, -0.2) is 41.5 Å². The average Bonchev–Trinajstić information content (AvgIpc) is 2.64. The fourth-order valence-corrected chi connectivity index (χ4v) is 2.81. The molecule has 0 aliphatic heterocycles. The van der Waals surface area contributed by atoms with Crippen LogP contribution in [-0.2, 0) is 0 Å². The van der Waals surface area contributed by atoms with Crippen LogP contribution in [0.15, 0.2) is 42.7 Å². The normalized spacial score (nSPS) is 11.7. The second kappa shape index (κ2) is 9.80. The fourth-order valence-electron chi connectivity index (χ4n) is 2.81. The molecule has 0 radical (unpaired) electrons. The quantitative estimate of drug-likeness (QED) is 0.734. The van der Waals surface area contributed by atoms with Gasteiger partial charge in [-0.2, -0.15) is 0 Å². The van der Waals surface area contributed by atoms with Gasteiger partial charge in [0.1, 0.15) is 12.4 Å². The highest BCUT2D eigenvalue weighted by atomic mass is 16.5. The first-order valence-corrected chi connectivity index (χ1v) is 9.23. The molecular formula is C21H29N3O2. The highest BCUT2D eigenvalue weighted by Gasteiger charge is 2.15. The zero-order chi connectivity index (χ0) is 18.9. The van der Waals surface area contributed by atoms with Gasteiger partial charge in [-0.25, -0.2) is 0 Å². The number of aryl methyl sites for hydroxylation is 1. The highest BCUT2D eigenvalue weighted by molar-refractivity contribution is 5.94. The van der Waals surface area contributed by atoms with Gasteiger partial charge in [0.2, 0.25) is 0 Å². The number of amides is 1. The van der Waals surface area contributed by atoms with E-state index in [0.717, 1.165) is 30.0 Å². The third-order valence-corrected chi connectivity index (χ3v) is 4.05. The Morgan fingerprint density at radius 1 is 1.23 bits per heavy atom. The van der Waals surface area contributed by atoms with Crippen molar-refractivity contribution in [3.63, 3.8) is 0 Å². The maximum Gasteiger partial charge on any atom is 0.253 e. The maximum atomic E-state index is 12.7. The summed E-state index contributed by atoms with van der Waals surface area (Å²) >= 11 is 0. The smallest absolute Gasteiger partial charge is 0.253 e. The van der Waals surface area contributed by atoms with Gasteiger partial charge in [-0.1, -0.05) is 6.92 Å². The zero-order valence-corrected chi connectivity index (χ0v) is 16.2. The molecule has 5 heteroatoms. The van der Waals surface area contributed by atoms with E-state index >= 15 is 0 Å².